The van der Waals surface area contributed by atoms with Gasteiger partial charge in [0.15, 0.2) is 0 Å². The summed E-state index contributed by atoms with van der Waals surface area (Å²) in [4.78, 5) is 24.7. The average Bonchev–Trinajstić information content (AvgIpc) is 1.84. The molecule has 0 N–H and O–H groups in total. The highest BCUT2D eigenvalue weighted by Gasteiger charge is 2.23. The van der Waals surface area contributed by atoms with E-state index in [4.69, 9.17) is 0 Å². The van der Waals surface area contributed by atoms with Crippen LogP contribution in [0.1, 0.15) is 6.42 Å². The second-order valence-electron chi connectivity index (χ2n) is 2.50. The van der Waals surface area contributed by atoms with E-state index in [0.29, 0.717) is 6.67 Å². The van der Waals surface area contributed by atoms with Crippen molar-refractivity contribution in [2.24, 2.45) is 0 Å². The zero-order chi connectivity index (χ0) is 7.72. The predicted molar refractivity (Wildman–Crippen MR) is 35.0 cm³/mol. The highest BCUT2D eigenvalue weighted by molar-refractivity contribution is 5.98. The Balaban J connectivity index is 2.63. The Labute approximate surface area is 59.4 Å². The third-order valence-corrected chi connectivity index (χ3v) is 1.58. The Hall–Kier alpha value is -1.06. The fourth-order valence-electron chi connectivity index (χ4n) is 0.875. The molecule has 1 aliphatic rings. The van der Waals surface area contributed by atoms with E-state index in [1.165, 1.54) is 9.80 Å². The fraction of sp³-hybridized carbons (Fsp3) is 0.667. The molecule has 0 aromatic rings. The lowest BCUT2D eigenvalue weighted by Crippen LogP contribution is -2.47. The highest BCUT2D eigenvalue weighted by Crippen LogP contribution is 2.03. The smallest absolute Gasteiger partial charge is 0.233 e. The maximum absolute atomic E-state index is 10.8. The fourth-order valence-corrected chi connectivity index (χ4v) is 0.875. The second kappa shape index (κ2) is 2.28. The van der Waals surface area contributed by atoms with Gasteiger partial charge in [-0.05, 0) is 0 Å². The molecule has 10 heavy (non-hydrogen) atoms. The molecule has 1 rings (SSSR count). The molecule has 0 radical (unpaired) electrons. The van der Waals surface area contributed by atoms with Crippen LogP contribution in [0.3, 0.4) is 0 Å². The molecule has 2 amide bonds. The van der Waals surface area contributed by atoms with E-state index >= 15 is 0 Å². The topological polar surface area (TPSA) is 40.6 Å². The normalized spacial score (nSPS) is 20.2. The van der Waals surface area contributed by atoms with Gasteiger partial charge < -0.3 is 9.80 Å². The summed E-state index contributed by atoms with van der Waals surface area (Å²) in [6.07, 6.45) is 0.0208. The van der Waals surface area contributed by atoms with Crippen LogP contribution < -0.4 is 0 Å². The van der Waals surface area contributed by atoms with Crippen LogP contribution in [0.15, 0.2) is 0 Å². The van der Waals surface area contributed by atoms with Gasteiger partial charge in [-0.25, -0.2) is 0 Å². The van der Waals surface area contributed by atoms with E-state index in [2.05, 4.69) is 0 Å². The van der Waals surface area contributed by atoms with Crippen LogP contribution in [-0.2, 0) is 9.59 Å². The van der Waals surface area contributed by atoms with Crippen molar-refractivity contribution in [1.82, 2.24) is 9.80 Å². The number of hydrogen-bond donors (Lipinski definition) is 0. The molecule has 1 heterocycles. The molecule has 1 fully saturated rings. The first-order valence-electron chi connectivity index (χ1n) is 3.09. The lowest BCUT2D eigenvalue weighted by molar-refractivity contribution is -0.148. The van der Waals surface area contributed by atoms with Crippen molar-refractivity contribution >= 4 is 11.8 Å². The van der Waals surface area contributed by atoms with Gasteiger partial charge in [0.2, 0.25) is 11.8 Å². The zero-order valence-electron chi connectivity index (χ0n) is 6.13. The minimum Gasteiger partial charge on any atom is -0.327 e. The Morgan fingerprint density at radius 3 is 1.80 bits per heavy atom. The van der Waals surface area contributed by atoms with E-state index in [9.17, 15) is 9.59 Å². The number of hydrogen-bond acceptors (Lipinski definition) is 2. The van der Waals surface area contributed by atoms with Crippen LogP contribution in [0, 0.1) is 0 Å². The first-order valence-corrected chi connectivity index (χ1v) is 3.09. The number of carbonyl (C=O) groups is 2. The Morgan fingerprint density at radius 1 is 1.10 bits per heavy atom. The van der Waals surface area contributed by atoms with E-state index in [1.807, 2.05) is 0 Å². The standard InChI is InChI=1S/C6H10N2O2/c1-7-4-8(2)6(10)3-5(7)9/h3-4H2,1-2H3. The molecule has 1 aliphatic heterocycles. The maximum atomic E-state index is 10.8. The molecule has 0 unspecified atom stereocenters. The summed E-state index contributed by atoms with van der Waals surface area (Å²) in [6.45, 7) is 0.414. The van der Waals surface area contributed by atoms with Gasteiger partial charge in [0.25, 0.3) is 0 Å². The molecule has 0 aromatic carbocycles. The molecule has 0 spiro atoms. The first kappa shape index (κ1) is 7.05. The molecule has 0 aliphatic carbocycles. The van der Waals surface area contributed by atoms with E-state index in [0.717, 1.165) is 0 Å². The zero-order valence-corrected chi connectivity index (χ0v) is 6.13. The SMILES string of the molecule is CN1CN(C)C(=O)CC1=O. The van der Waals surface area contributed by atoms with Crippen molar-refractivity contribution in [3.05, 3.63) is 0 Å². The lowest BCUT2D eigenvalue weighted by atomic mass is 10.3. The van der Waals surface area contributed by atoms with Crippen LogP contribution >= 0.6 is 0 Å². The number of rotatable bonds is 0. The van der Waals surface area contributed by atoms with Crippen molar-refractivity contribution in [2.45, 2.75) is 6.42 Å². The molecular formula is C6H10N2O2. The Kier molecular flexibility index (Phi) is 1.61. The summed E-state index contributed by atoms with van der Waals surface area (Å²) >= 11 is 0. The number of amides is 2. The number of nitrogens with zero attached hydrogens (tertiary/aromatic N) is 2. The van der Waals surface area contributed by atoms with Crippen LogP contribution in [0.25, 0.3) is 0 Å². The summed E-state index contributed by atoms with van der Waals surface area (Å²) in [5, 5.41) is 0. The first-order chi connectivity index (χ1) is 4.61. The Bertz CT molecular complexity index is 161. The van der Waals surface area contributed by atoms with Crippen LogP contribution in [-0.4, -0.2) is 42.4 Å². The molecule has 56 valence electrons. The second-order valence-corrected chi connectivity index (χ2v) is 2.50. The third-order valence-electron chi connectivity index (χ3n) is 1.58. The van der Waals surface area contributed by atoms with Gasteiger partial charge in [0.1, 0.15) is 6.42 Å². The molecule has 4 nitrogen and oxygen atoms in total. The molecule has 4 heteroatoms. The van der Waals surface area contributed by atoms with Crippen molar-refractivity contribution in [3.8, 4) is 0 Å². The molecule has 0 atom stereocenters. The third kappa shape index (κ3) is 1.10. The summed E-state index contributed by atoms with van der Waals surface area (Å²) in [5.74, 6) is -0.189. The van der Waals surface area contributed by atoms with Gasteiger partial charge >= 0.3 is 0 Å². The lowest BCUT2D eigenvalue weighted by Gasteiger charge is -2.29. The van der Waals surface area contributed by atoms with Crippen molar-refractivity contribution < 1.29 is 9.59 Å². The highest BCUT2D eigenvalue weighted by atomic mass is 16.2. The molecular weight excluding hydrogens is 132 g/mol. The van der Waals surface area contributed by atoms with Gasteiger partial charge in [-0.3, -0.25) is 9.59 Å². The summed E-state index contributed by atoms with van der Waals surface area (Å²) < 4.78 is 0. The Morgan fingerprint density at radius 2 is 1.50 bits per heavy atom. The van der Waals surface area contributed by atoms with E-state index in [1.54, 1.807) is 14.1 Å². The van der Waals surface area contributed by atoms with Gasteiger partial charge in [0, 0.05) is 14.1 Å². The van der Waals surface area contributed by atoms with Gasteiger partial charge in [-0.1, -0.05) is 0 Å². The van der Waals surface area contributed by atoms with Crippen molar-refractivity contribution in [2.75, 3.05) is 20.8 Å². The van der Waals surface area contributed by atoms with Crippen LogP contribution in [0.5, 0.6) is 0 Å². The van der Waals surface area contributed by atoms with Gasteiger partial charge in [-0.15, -0.1) is 0 Å². The quantitative estimate of drug-likeness (QED) is 0.418. The maximum Gasteiger partial charge on any atom is 0.233 e. The van der Waals surface area contributed by atoms with Crippen LogP contribution in [0.4, 0.5) is 0 Å². The van der Waals surface area contributed by atoms with Gasteiger partial charge in [-0.2, -0.15) is 0 Å². The summed E-state index contributed by atoms with van der Waals surface area (Å²) in [5.41, 5.74) is 0. The average molecular weight is 142 g/mol. The largest absolute Gasteiger partial charge is 0.327 e. The summed E-state index contributed by atoms with van der Waals surface area (Å²) in [6, 6.07) is 0. The van der Waals surface area contributed by atoms with Crippen LogP contribution in [0.2, 0.25) is 0 Å². The van der Waals surface area contributed by atoms with E-state index < -0.39 is 0 Å². The molecule has 0 aromatic heterocycles. The van der Waals surface area contributed by atoms with Crippen molar-refractivity contribution in [3.63, 3.8) is 0 Å². The predicted octanol–water partition coefficient (Wildman–Crippen LogP) is -0.736. The van der Waals surface area contributed by atoms with Crippen molar-refractivity contribution in [1.29, 1.82) is 0 Å². The minimum absolute atomic E-state index is 0.0208. The monoisotopic (exact) mass is 142 g/mol. The van der Waals surface area contributed by atoms with Gasteiger partial charge in [0.05, 0.1) is 6.67 Å². The summed E-state index contributed by atoms with van der Waals surface area (Å²) in [7, 11) is 3.37. The number of carbonyl (C=O) groups excluding carboxylic acids is 2. The molecule has 1 saturated heterocycles. The van der Waals surface area contributed by atoms with E-state index in [-0.39, 0.29) is 18.2 Å². The molecule has 0 saturated carbocycles. The minimum atomic E-state index is -0.0944. The molecule has 0 bridgehead atoms.